The first-order chi connectivity index (χ1) is 2.73. The molecule has 0 aromatic rings. The second-order valence-corrected chi connectivity index (χ2v) is 1.34. The maximum Gasteiger partial charge on any atom is 0 e. The van der Waals surface area contributed by atoms with E-state index in [1.807, 2.05) is 26.0 Å². The van der Waals surface area contributed by atoms with E-state index in [1.54, 1.807) is 6.92 Å². The zero-order chi connectivity index (χ0) is 5.58. The van der Waals surface area contributed by atoms with Gasteiger partial charge >= 0.3 is 0 Å². The van der Waals surface area contributed by atoms with Crippen LogP contribution in [0.3, 0.4) is 0 Å². The van der Waals surface area contributed by atoms with Crippen molar-refractivity contribution < 1.29 is 25.8 Å². The van der Waals surface area contributed by atoms with Gasteiger partial charge in [0.2, 0.25) is 0 Å². The van der Waals surface area contributed by atoms with Gasteiger partial charge in [-0.2, -0.15) is 6.92 Å². The van der Waals surface area contributed by atoms with Crippen molar-refractivity contribution in [1.29, 1.82) is 0 Å². The molecule has 1 nitrogen and oxygen atoms in total. The number of rotatable bonds is 0. The van der Waals surface area contributed by atoms with E-state index in [-0.39, 0.29) is 25.8 Å². The molecule has 2 heteroatoms. The Hall–Kier alpha value is 0.830. The summed E-state index contributed by atoms with van der Waals surface area (Å²) in [6.45, 7) is 5.00. The van der Waals surface area contributed by atoms with E-state index in [4.69, 9.17) is 0 Å². The first-order valence-electron chi connectivity index (χ1n) is 2.05. The molecule has 7 heavy (non-hydrogen) atoms. The fourth-order valence-electron chi connectivity index (χ4n) is 0. The van der Waals surface area contributed by atoms with E-state index >= 15 is 0 Å². The summed E-state index contributed by atoms with van der Waals surface area (Å²) in [5, 5.41) is 0. The quantitative estimate of drug-likeness (QED) is 0.467. The molecule has 0 aliphatic heterocycles. The Morgan fingerprint density at radius 2 is 1.00 bits per heavy atom. The van der Waals surface area contributed by atoms with Crippen molar-refractivity contribution in [3.8, 4) is 0 Å². The van der Waals surface area contributed by atoms with Crippen LogP contribution < -0.4 is 0 Å². The van der Waals surface area contributed by atoms with Crippen LogP contribution in [0.5, 0.6) is 0 Å². The van der Waals surface area contributed by atoms with Crippen molar-refractivity contribution in [2.75, 3.05) is 21.1 Å². The van der Waals surface area contributed by atoms with Gasteiger partial charge in [-0.25, -0.2) is 0 Å². The minimum Gasteiger partial charge on any atom is -0.346 e. The van der Waals surface area contributed by atoms with Crippen LogP contribution in [0.2, 0.25) is 0 Å². The van der Waals surface area contributed by atoms with Crippen LogP contribution in [0.1, 0.15) is 6.92 Å². The maximum absolute atomic E-state index is 3.25. The van der Waals surface area contributed by atoms with Gasteiger partial charge in [0.1, 0.15) is 0 Å². The molecule has 0 saturated heterocycles. The molecule has 0 N–H and O–H groups in total. The Bertz CT molecular complexity index is 12.8. The minimum absolute atomic E-state index is 0. The molecule has 0 rings (SSSR count). The Labute approximate surface area is 65.9 Å². The topological polar surface area (TPSA) is 3.24 Å². The van der Waals surface area contributed by atoms with Crippen molar-refractivity contribution in [1.82, 2.24) is 4.90 Å². The molecule has 0 atom stereocenters. The summed E-state index contributed by atoms with van der Waals surface area (Å²) >= 11 is 0. The molecular formula is C5H14HfN-. The molecule has 0 unspecified atom stereocenters. The summed E-state index contributed by atoms with van der Waals surface area (Å²) < 4.78 is 0. The fourth-order valence-corrected chi connectivity index (χ4v) is 0. The first kappa shape index (κ1) is 15.7. The van der Waals surface area contributed by atoms with Gasteiger partial charge in [0, 0.05) is 25.8 Å². The SMILES string of the molecule is CN(C)C.[CH2-]C.[Hf]. The monoisotopic (exact) mass is 268 g/mol. The Morgan fingerprint density at radius 3 is 1.00 bits per heavy atom. The molecule has 0 amide bonds. The largest absolute Gasteiger partial charge is 0.346 e. The van der Waals surface area contributed by atoms with Gasteiger partial charge in [0.25, 0.3) is 0 Å². The molecule has 0 saturated carbocycles. The molecule has 0 aromatic heterocycles. The molecule has 0 aliphatic carbocycles. The zero-order valence-corrected chi connectivity index (χ0v) is 9.25. The Morgan fingerprint density at radius 1 is 1.00 bits per heavy atom. The van der Waals surface area contributed by atoms with Gasteiger partial charge in [0.15, 0.2) is 0 Å². The van der Waals surface area contributed by atoms with E-state index in [0.29, 0.717) is 0 Å². The van der Waals surface area contributed by atoms with E-state index in [1.165, 1.54) is 0 Å². The van der Waals surface area contributed by atoms with Gasteiger partial charge < -0.3 is 11.8 Å². The van der Waals surface area contributed by atoms with Crippen molar-refractivity contribution in [2.24, 2.45) is 0 Å². The Kier molecular flexibility index (Phi) is 35.4. The maximum atomic E-state index is 3.25. The van der Waals surface area contributed by atoms with E-state index < -0.39 is 0 Å². The summed E-state index contributed by atoms with van der Waals surface area (Å²) in [6, 6.07) is 0. The molecule has 0 spiro atoms. The zero-order valence-electron chi connectivity index (χ0n) is 5.65. The number of nitrogens with zero attached hydrogens (tertiary/aromatic N) is 1. The van der Waals surface area contributed by atoms with Gasteiger partial charge in [-0.05, 0) is 21.1 Å². The molecular weight excluding hydrogens is 253 g/mol. The van der Waals surface area contributed by atoms with Crippen molar-refractivity contribution >= 4 is 0 Å². The van der Waals surface area contributed by atoms with Crippen LogP contribution in [0.25, 0.3) is 0 Å². The van der Waals surface area contributed by atoms with E-state index in [9.17, 15) is 0 Å². The summed E-state index contributed by atoms with van der Waals surface area (Å²) in [6.07, 6.45) is 0. The van der Waals surface area contributed by atoms with Crippen molar-refractivity contribution in [3.63, 3.8) is 0 Å². The van der Waals surface area contributed by atoms with Crippen LogP contribution in [0.15, 0.2) is 0 Å². The van der Waals surface area contributed by atoms with Crippen molar-refractivity contribution in [2.45, 2.75) is 6.92 Å². The fraction of sp³-hybridized carbons (Fsp3) is 0.800. The molecule has 0 radical (unpaired) electrons. The predicted molar refractivity (Wildman–Crippen MR) is 30.6 cm³/mol. The second-order valence-electron chi connectivity index (χ2n) is 1.34. The second kappa shape index (κ2) is 15.8. The molecule has 0 aliphatic rings. The van der Waals surface area contributed by atoms with Crippen LogP contribution >= 0.6 is 0 Å². The number of hydrogen-bond acceptors (Lipinski definition) is 1. The normalized spacial score (nSPS) is 6.00. The molecule has 0 bridgehead atoms. The van der Waals surface area contributed by atoms with Crippen LogP contribution in [0, 0.1) is 6.92 Å². The van der Waals surface area contributed by atoms with Gasteiger partial charge in [-0.3, -0.25) is 0 Å². The van der Waals surface area contributed by atoms with Gasteiger partial charge in [0.05, 0.1) is 0 Å². The average molecular weight is 267 g/mol. The predicted octanol–water partition coefficient (Wildman–Crippen LogP) is 1.02. The van der Waals surface area contributed by atoms with E-state index in [0.717, 1.165) is 0 Å². The standard InChI is InChI=1S/C3H9N.C2H5.Hf/c1-4(2)3;1-2;/h1-3H3;1H2,2H3;/q;-1;. The van der Waals surface area contributed by atoms with E-state index in [2.05, 4.69) is 6.92 Å². The summed E-state index contributed by atoms with van der Waals surface area (Å²) in [7, 11) is 6.00. The molecule has 0 heterocycles. The smallest absolute Gasteiger partial charge is 0 e. The third kappa shape index (κ3) is 231. The summed E-state index contributed by atoms with van der Waals surface area (Å²) in [4.78, 5) is 2.00. The average Bonchev–Trinajstić information content (AvgIpc) is 1.41. The third-order valence-electron chi connectivity index (χ3n) is 0. The first-order valence-corrected chi connectivity index (χ1v) is 2.05. The van der Waals surface area contributed by atoms with Crippen LogP contribution in [-0.2, 0) is 25.8 Å². The van der Waals surface area contributed by atoms with Crippen LogP contribution in [0.4, 0.5) is 0 Å². The van der Waals surface area contributed by atoms with Crippen LogP contribution in [-0.4, -0.2) is 26.0 Å². The van der Waals surface area contributed by atoms with Gasteiger partial charge in [-0.1, -0.05) is 0 Å². The molecule has 0 fully saturated rings. The van der Waals surface area contributed by atoms with Crippen molar-refractivity contribution in [3.05, 3.63) is 6.92 Å². The summed E-state index contributed by atoms with van der Waals surface area (Å²) in [5.74, 6) is 0. The molecule has 0 aromatic carbocycles. The summed E-state index contributed by atoms with van der Waals surface area (Å²) in [5.41, 5.74) is 0. The number of hydrogen-bond donors (Lipinski definition) is 0. The van der Waals surface area contributed by atoms with Gasteiger partial charge in [-0.15, -0.1) is 0 Å². The third-order valence-corrected chi connectivity index (χ3v) is 0. The Balaban J connectivity index is -0.0000000480. The minimum atomic E-state index is 0. The molecule has 44 valence electrons.